The van der Waals surface area contributed by atoms with Crippen LogP contribution in [-0.4, -0.2) is 60.5 Å². The van der Waals surface area contributed by atoms with Crippen molar-refractivity contribution in [2.24, 2.45) is 0 Å². The highest BCUT2D eigenvalue weighted by Gasteiger charge is 2.20. The molecule has 0 aliphatic rings. The van der Waals surface area contributed by atoms with Crippen molar-refractivity contribution in [1.29, 1.82) is 0 Å². The molecule has 2 rings (SSSR count). The number of methoxy groups -OCH3 is 3. The Morgan fingerprint density at radius 3 is 2.39 bits per heavy atom. The second-order valence-corrected chi connectivity index (χ2v) is 8.36. The Balaban J connectivity index is 2.17. The van der Waals surface area contributed by atoms with Gasteiger partial charge in [-0.2, -0.15) is 0 Å². The minimum Gasteiger partial charge on any atom is -0.493 e. The monoisotopic (exact) mass is 452 g/mol. The number of nitrogens with one attached hydrogen (secondary N) is 2. The van der Waals surface area contributed by atoms with Crippen molar-refractivity contribution in [3.05, 3.63) is 47.5 Å². The van der Waals surface area contributed by atoms with E-state index in [1.807, 2.05) is 12.1 Å². The van der Waals surface area contributed by atoms with Crippen LogP contribution in [0.5, 0.6) is 11.5 Å². The average Bonchev–Trinajstić information content (AvgIpc) is 2.76. The SMILES string of the molecule is COCCCNS(=O)(=O)c1cc(C(=O)O)ccc1NCCc1ccc(OC)c(OC)c1. The molecule has 0 amide bonds. The zero-order chi connectivity index (χ0) is 22.9. The van der Waals surface area contributed by atoms with E-state index >= 15 is 0 Å². The lowest BCUT2D eigenvalue weighted by Crippen LogP contribution is -2.27. The molecule has 0 fully saturated rings. The van der Waals surface area contributed by atoms with Gasteiger partial charge in [0, 0.05) is 26.8 Å². The molecule has 0 spiro atoms. The molecule has 170 valence electrons. The minimum absolute atomic E-state index is 0.109. The van der Waals surface area contributed by atoms with Gasteiger partial charge in [-0.25, -0.2) is 17.9 Å². The second kappa shape index (κ2) is 11.5. The van der Waals surface area contributed by atoms with Crippen molar-refractivity contribution in [3.8, 4) is 11.5 Å². The second-order valence-electron chi connectivity index (χ2n) is 6.63. The van der Waals surface area contributed by atoms with Gasteiger partial charge in [0.25, 0.3) is 0 Å². The molecule has 0 saturated heterocycles. The van der Waals surface area contributed by atoms with Gasteiger partial charge in [-0.05, 0) is 48.7 Å². The molecule has 0 bridgehead atoms. The number of rotatable bonds is 13. The highest BCUT2D eigenvalue weighted by Crippen LogP contribution is 2.28. The summed E-state index contributed by atoms with van der Waals surface area (Å²) in [5.41, 5.74) is 1.18. The zero-order valence-corrected chi connectivity index (χ0v) is 18.6. The summed E-state index contributed by atoms with van der Waals surface area (Å²) in [4.78, 5) is 11.2. The molecule has 0 atom stereocenters. The molecular weight excluding hydrogens is 424 g/mol. The van der Waals surface area contributed by atoms with Gasteiger partial charge in [0.1, 0.15) is 4.90 Å². The Kier molecular flexibility index (Phi) is 9.10. The van der Waals surface area contributed by atoms with Crippen LogP contribution in [0, 0.1) is 0 Å². The molecule has 9 nitrogen and oxygen atoms in total. The maximum Gasteiger partial charge on any atom is 0.335 e. The van der Waals surface area contributed by atoms with E-state index in [4.69, 9.17) is 14.2 Å². The van der Waals surface area contributed by atoms with Crippen LogP contribution in [0.1, 0.15) is 22.3 Å². The first-order valence-electron chi connectivity index (χ1n) is 9.63. The van der Waals surface area contributed by atoms with E-state index in [0.717, 1.165) is 11.6 Å². The smallest absolute Gasteiger partial charge is 0.335 e. The van der Waals surface area contributed by atoms with Crippen molar-refractivity contribution in [2.75, 3.05) is 46.3 Å². The van der Waals surface area contributed by atoms with Gasteiger partial charge in [-0.1, -0.05) is 6.07 Å². The maximum absolute atomic E-state index is 12.8. The molecule has 3 N–H and O–H groups in total. The number of sulfonamides is 1. The minimum atomic E-state index is -3.91. The number of hydrogen-bond acceptors (Lipinski definition) is 7. The van der Waals surface area contributed by atoms with E-state index in [-0.39, 0.29) is 17.0 Å². The molecule has 0 heterocycles. The van der Waals surface area contributed by atoms with E-state index in [2.05, 4.69) is 10.0 Å². The van der Waals surface area contributed by atoms with E-state index < -0.39 is 16.0 Å². The van der Waals surface area contributed by atoms with Crippen LogP contribution in [-0.2, 0) is 21.2 Å². The normalized spacial score (nSPS) is 11.2. The van der Waals surface area contributed by atoms with Crippen LogP contribution < -0.4 is 19.5 Å². The van der Waals surface area contributed by atoms with Crippen LogP contribution in [0.2, 0.25) is 0 Å². The van der Waals surface area contributed by atoms with Crippen LogP contribution >= 0.6 is 0 Å². The van der Waals surface area contributed by atoms with Gasteiger partial charge in [-0.3, -0.25) is 0 Å². The highest BCUT2D eigenvalue weighted by atomic mass is 32.2. The van der Waals surface area contributed by atoms with E-state index in [1.165, 1.54) is 19.2 Å². The quantitative estimate of drug-likeness (QED) is 0.396. The number of carboxylic acid groups (broad SMARTS) is 1. The zero-order valence-electron chi connectivity index (χ0n) is 17.8. The summed E-state index contributed by atoms with van der Waals surface area (Å²) in [6.07, 6.45) is 1.08. The first kappa shape index (κ1) is 24.4. The predicted octanol–water partition coefficient (Wildman–Crippen LogP) is 2.37. The molecule has 0 saturated carbocycles. The molecule has 0 aromatic heterocycles. The van der Waals surface area contributed by atoms with E-state index in [0.29, 0.717) is 43.2 Å². The Hall–Kier alpha value is -2.82. The Labute approximate surface area is 182 Å². The van der Waals surface area contributed by atoms with Crippen LogP contribution in [0.4, 0.5) is 5.69 Å². The lowest BCUT2D eigenvalue weighted by Gasteiger charge is -2.15. The molecule has 0 unspecified atom stereocenters. The molecule has 0 aliphatic heterocycles. The summed E-state index contributed by atoms with van der Waals surface area (Å²) in [5, 5.41) is 12.3. The fraction of sp³-hybridized carbons (Fsp3) is 0.381. The number of aromatic carboxylic acids is 1. The fourth-order valence-corrected chi connectivity index (χ4v) is 4.18. The predicted molar refractivity (Wildman–Crippen MR) is 117 cm³/mol. The molecular formula is C21H28N2O7S. The molecule has 31 heavy (non-hydrogen) atoms. The summed E-state index contributed by atoms with van der Waals surface area (Å²) >= 11 is 0. The van der Waals surface area contributed by atoms with Crippen molar-refractivity contribution in [2.45, 2.75) is 17.7 Å². The first-order chi connectivity index (χ1) is 14.8. The van der Waals surface area contributed by atoms with Gasteiger partial charge in [0.15, 0.2) is 11.5 Å². The summed E-state index contributed by atoms with van der Waals surface area (Å²) in [7, 11) is 0.740. The number of benzene rings is 2. The van der Waals surface area contributed by atoms with Gasteiger partial charge in [0.05, 0.1) is 25.5 Å². The van der Waals surface area contributed by atoms with Gasteiger partial charge in [0.2, 0.25) is 10.0 Å². The molecule has 0 radical (unpaired) electrons. The third-order valence-corrected chi connectivity index (χ3v) is 6.01. The van der Waals surface area contributed by atoms with Crippen LogP contribution in [0.3, 0.4) is 0 Å². The van der Waals surface area contributed by atoms with E-state index in [1.54, 1.807) is 20.3 Å². The highest BCUT2D eigenvalue weighted by molar-refractivity contribution is 7.89. The Morgan fingerprint density at radius 2 is 1.74 bits per heavy atom. The number of ether oxygens (including phenoxy) is 3. The fourth-order valence-electron chi connectivity index (χ4n) is 2.90. The number of carboxylic acids is 1. The largest absolute Gasteiger partial charge is 0.493 e. The summed E-state index contributed by atoms with van der Waals surface area (Å²) in [6, 6.07) is 9.52. The van der Waals surface area contributed by atoms with Crippen molar-refractivity contribution >= 4 is 21.7 Å². The number of anilines is 1. The van der Waals surface area contributed by atoms with Gasteiger partial charge < -0.3 is 24.6 Å². The first-order valence-corrected chi connectivity index (χ1v) is 11.1. The standard InChI is InChI=1S/C21H28N2O7S/c1-28-12-4-10-23-31(26,27)20-14-16(21(24)25)6-7-17(20)22-11-9-15-5-8-18(29-2)19(13-15)30-3/h5-8,13-14,22-23H,4,9-12H2,1-3H3,(H,24,25). The van der Waals surface area contributed by atoms with Crippen molar-refractivity contribution in [1.82, 2.24) is 4.72 Å². The summed E-state index contributed by atoms with van der Waals surface area (Å²) in [5.74, 6) is 0.0263. The maximum atomic E-state index is 12.8. The molecule has 10 heteroatoms. The Morgan fingerprint density at radius 1 is 1.00 bits per heavy atom. The van der Waals surface area contributed by atoms with Crippen LogP contribution in [0.25, 0.3) is 0 Å². The van der Waals surface area contributed by atoms with Crippen molar-refractivity contribution < 1.29 is 32.5 Å². The number of hydrogen-bond donors (Lipinski definition) is 3. The van der Waals surface area contributed by atoms with Gasteiger partial charge >= 0.3 is 5.97 Å². The molecule has 0 aliphatic carbocycles. The van der Waals surface area contributed by atoms with Gasteiger partial charge in [-0.15, -0.1) is 0 Å². The Bertz CT molecular complexity index is 993. The van der Waals surface area contributed by atoms with Crippen molar-refractivity contribution in [3.63, 3.8) is 0 Å². The van der Waals surface area contributed by atoms with E-state index in [9.17, 15) is 18.3 Å². The number of carbonyl (C=O) groups is 1. The lowest BCUT2D eigenvalue weighted by molar-refractivity contribution is 0.0696. The average molecular weight is 453 g/mol. The third kappa shape index (κ3) is 6.84. The summed E-state index contributed by atoms with van der Waals surface area (Å²) in [6.45, 7) is 1.01. The molecule has 2 aromatic rings. The van der Waals surface area contributed by atoms with Crippen LogP contribution in [0.15, 0.2) is 41.3 Å². The lowest BCUT2D eigenvalue weighted by atomic mass is 10.1. The summed E-state index contributed by atoms with van der Waals surface area (Å²) < 4.78 is 43.5. The molecule has 2 aromatic carbocycles. The topological polar surface area (TPSA) is 123 Å². The third-order valence-electron chi connectivity index (χ3n) is 4.51.